The number of aromatic nitrogens is 1. The first kappa shape index (κ1) is 24.5. The quantitative estimate of drug-likeness (QED) is 0.445. The summed E-state index contributed by atoms with van der Waals surface area (Å²) >= 11 is 0. The number of hydrogen-bond donors (Lipinski definition) is 3. The topological polar surface area (TPSA) is 126 Å². The average molecular weight is 477 g/mol. The van der Waals surface area contributed by atoms with Crippen LogP contribution in [0.3, 0.4) is 0 Å². The van der Waals surface area contributed by atoms with Crippen molar-refractivity contribution in [2.24, 2.45) is 0 Å². The number of aromatic hydroxyl groups is 1. The molecule has 2 aromatic carbocycles. The monoisotopic (exact) mass is 477 g/mol. The molecular weight excluding hydrogens is 459 g/mol. The fourth-order valence-electron chi connectivity index (χ4n) is 3.43. The number of nitrogens with one attached hydrogen (secondary N) is 1. The van der Waals surface area contributed by atoms with Gasteiger partial charge in [-0.25, -0.2) is 9.59 Å². The van der Waals surface area contributed by atoms with Crippen molar-refractivity contribution in [3.8, 4) is 5.75 Å². The summed E-state index contributed by atoms with van der Waals surface area (Å²) in [6.07, 6.45) is -6.90. The Balaban J connectivity index is 2.17. The molecule has 8 nitrogen and oxygen atoms in total. The highest BCUT2D eigenvalue weighted by atomic mass is 19.4. The summed E-state index contributed by atoms with van der Waals surface area (Å²) < 4.78 is 52.7. The molecular formula is C23H18F3NO7. The van der Waals surface area contributed by atoms with Crippen molar-refractivity contribution in [3.05, 3.63) is 99.5 Å². The number of alkyl halides is 3. The third-order valence-electron chi connectivity index (χ3n) is 5.03. The van der Waals surface area contributed by atoms with E-state index < -0.39 is 52.3 Å². The number of halogens is 3. The number of rotatable bonds is 7. The molecule has 0 aliphatic rings. The number of aromatic carboxylic acids is 1. The predicted octanol–water partition coefficient (Wildman–Crippen LogP) is 3.52. The summed E-state index contributed by atoms with van der Waals surface area (Å²) in [5, 5.41) is 19.1. The van der Waals surface area contributed by atoms with E-state index >= 15 is 0 Å². The van der Waals surface area contributed by atoms with Crippen LogP contribution in [0.15, 0.2) is 71.5 Å². The summed E-state index contributed by atoms with van der Waals surface area (Å²) in [5.41, 5.74) is -6.49. The Morgan fingerprint density at radius 3 is 2.03 bits per heavy atom. The summed E-state index contributed by atoms with van der Waals surface area (Å²) in [4.78, 5) is 38.7. The van der Waals surface area contributed by atoms with Crippen LogP contribution in [0, 0.1) is 0 Å². The maximum absolute atomic E-state index is 14.2. The number of carboxylic acid groups (broad SMARTS) is 1. The summed E-state index contributed by atoms with van der Waals surface area (Å²) in [6, 6.07) is 14.3. The maximum Gasteiger partial charge on any atom is 0.432 e. The summed E-state index contributed by atoms with van der Waals surface area (Å²) in [5.74, 6) is -4.52. The smallest absolute Gasteiger partial charge is 0.432 e. The third kappa shape index (κ3) is 4.37. The van der Waals surface area contributed by atoms with E-state index in [0.29, 0.717) is 7.11 Å². The van der Waals surface area contributed by atoms with E-state index in [4.69, 9.17) is 14.6 Å². The minimum Gasteiger partial charge on any atom is -0.507 e. The van der Waals surface area contributed by atoms with E-state index in [1.54, 1.807) is 6.07 Å². The van der Waals surface area contributed by atoms with Gasteiger partial charge >= 0.3 is 18.1 Å². The molecule has 1 aromatic heterocycles. The standard InChI is InChI=1S/C23H18F3NO7/c1-33-22(23(24,25)26,14-10-6-3-7-11-14)21(32)34-18(13-8-4-2-5-9-13)15-12-16(28)17(20(30)31)19(29)27-15/h2-12,18H,1H3,(H,30,31)(H2,27,28,29)/t18-,22+/m0/s1. The second-order valence-electron chi connectivity index (χ2n) is 7.06. The van der Waals surface area contributed by atoms with Crippen LogP contribution in [-0.4, -0.2) is 40.4 Å². The van der Waals surface area contributed by atoms with Gasteiger partial charge < -0.3 is 24.7 Å². The summed E-state index contributed by atoms with van der Waals surface area (Å²) in [7, 11) is 0.703. The molecule has 0 amide bonds. The molecule has 1 heterocycles. The Kier molecular flexibility index (Phi) is 6.78. The van der Waals surface area contributed by atoms with Crippen molar-refractivity contribution in [1.29, 1.82) is 0 Å². The minimum absolute atomic E-state index is 0.134. The van der Waals surface area contributed by atoms with Crippen molar-refractivity contribution in [2.45, 2.75) is 17.9 Å². The van der Waals surface area contributed by atoms with Crippen LogP contribution < -0.4 is 5.56 Å². The fourth-order valence-corrected chi connectivity index (χ4v) is 3.43. The van der Waals surface area contributed by atoms with E-state index in [1.165, 1.54) is 42.5 Å². The van der Waals surface area contributed by atoms with Gasteiger partial charge in [-0.15, -0.1) is 0 Å². The van der Waals surface area contributed by atoms with Crippen LogP contribution in [0.2, 0.25) is 0 Å². The number of H-pyrrole nitrogens is 1. The first-order valence-corrected chi connectivity index (χ1v) is 9.65. The lowest BCUT2D eigenvalue weighted by molar-refractivity contribution is -0.277. The van der Waals surface area contributed by atoms with Gasteiger partial charge in [0.2, 0.25) is 0 Å². The van der Waals surface area contributed by atoms with Crippen LogP contribution >= 0.6 is 0 Å². The number of methoxy groups -OCH3 is 1. The van der Waals surface area contributed by atoms with E-state index in [0.717, 1.165) is 18.2 Å². The molecule has 0 fully saturated rings. The number of benzene rings is 2. The van der Waals surface area contributed by atoms with E-state index in [1.807, 2.05) is 0 Å². The average Bonchev–Trinajstić information content (AvgIpc) is 2.78. The lowest BCUT2D eigenvalue weighted by Gasteiger charge is -2.33. The molecule has 3 rings (SSSR count). The van der Waals surface area contributed by atoms with Crippen LogP contribution in [-0.2, 0) is 19.9 Å². The van der Waals surface area contributed by atoms with E-state index in [9.17, 15) is 32.7 Å². The molecule has 2 atom stereocenters. The molecule has 178 valence electrons. The van der Waals surface area contributed by atoms with Gasteiger partial charge in [0.15, 0.2) is 11.7 Å². The Labute approximate surface area is 190 Å². The second kappa shape index (κ2) is 9.40. The van der Waals surface area contributed by atoms with Crippen molar-refractivity contribution in [3.63, 3.8) is 0 Å². The fraction of sp³-hybridized carbons (Fsp3) is 0.174. The number of esters is 1. The van der Waals surface area contributed by atoms with Crippen LogP contribution in [0.25, 0.3) is 0 Å². The van der Waals surface area contributed by atoms with Gasteiger partial charge in [0.1, 0.15) is 5.75 Å². The van der Waals surface area contributed by atoms with Crippen molar-refractivity contribution in [2.75, 3.05) is 7.11 Å². The number of carbonyl (C=O) groups excluding carboxylic acids is 1. The lowest BCUT2D eigenvalue weighted by Crippen LogP contribution is -2.52. The Hall–Kier alpha value is -4.12. The molecule has 11 heteroatoms. The van der Waals surface area contributed by atoms with Crippen LogP contribution in [0.5, 0.6) is 5.75 Å². The Bertz CT molecular complexity index is 1240. The molecule has 0 bridgehead atoms. The number of aromatic amines is 1. The van der Waals surface area contributed by atoms with Gasteiger partial charge in [0.05, 0.1) is 5.69 Å². The molecule has 0 aliphatic carbocycles. The zero-order valence-electron chi connectivity index (χ0n) is 17.5. The highest BCUT2D eigenvalue weighted by Gasteiger charge is 2.64. The SMILES string of the molecule is CO[C@@](C(=O)O[C@@H](c1ccccc1)c1cc(O)c(C(=O)O)c(=O)[nH]1)(c1ccccc1)C(F)(F)F. The minimum atomic E-state index is -5.25. The van der Waals surface area contributed by atoms with Gasteiger partial charge in [-0.2, -0.15) is 13.2 Å². The van der Waals surface area contributed by atoms with Crippen molar-refractivity contribution >= 4 is 11.9 Å². The lowest BCUT2D eigenvalue weighted by atomic mass is 9.92. The first-order valence-electron chi connectivity index (χ1n) is 9.65. The third-order valence-corrected chi connectivity index (χ3v) is 5.03. The Morgan fingerprint density at radius 2 is 1.56 bits per heavy atom. The molecule has 0 saturated heterocycles. The molecule has 0 aliphatic heterocycles. The molecule has 3 N–H and O–H groups in total. The molecule has 3 aromatic rings. The van der Waals surface area contributed by atoms with Gasteiger partial charge in [-0.3, -0.25) is 4.79 Å². The number of carboxylic acids is 1. The number of carbonyl (C=O) groups is 2. The van der Waals surface area contributed by atoms with Crippen molar-refractivity contribution < 1.29 is 42.4 Å². The molecule has 34 heavy (non-hydrogen) atoms. The highest BCUT2D eigenvalue weighted by molar-refractivity contribution is 5.90. The second-order valence-corrected chi connectivity index (χ2v) is 7.06. The van der Waals surface area contributed by atoms with Crippen LogP contribution in [0.4, 0.5) is 13.2 Å². The highest BCUT2D eigenvalue weighted by Crippen LogP contribution is 2.44. The zero-order valence-corrected chi connectivity index (χ0v) is 17.5. The molecule has 0 unspecified atom stereocenters. The molecule has 0 saturated carbocycles. The van der Waals surface area contributed by atoms with Gasteiger partial charge in [0.25, 0.3) is 11.2 Å². The van der Waals surface area contributed by atoms with E-state index in [2.05, 4.69) is 4.98 Å². The van der Waals surface area contributed by atoms with E-state index in [-0.39, 0.29) is 11.3 Å². The predicted molar refractivity (Wildman–Crippen MR) is 111 cm³/mol. The maximum atomic E-state index is 14.2. The zero-order chi connectivity index (χ0) is 25.1. The number of ether oxygens (including phenoxy) is 2. The first-order chi connectivity index (χ1) is 16.0. The van der Waals surface area contributed by atoms with Gasteiger partial charge in [0, 0.05) is 18.7 Å². The van der Waals surface area contributed by atoms with Crippen LogP contribution in [0.1, 0.15) is 33.3 Å². The van der Waals surface area contributed by atoms with Crippen molar-refractivity contribution in [1.82, 2.24) is 4.98 Å². The normalized spacial score (nSPS) is 14.1. The van der Waals surface area contributed by atoms with Gasteiger partial charge in [-0.1, -0.05) is 60.7 Å². The van der Waals surface area contributed by atoms with Gasteiger partial charge in [-0.05, 0) is 5.56 Å². The molecule has 0 radical (unpaired) electrons. The molecule has 0 spiro atoms. The number of hydrogen-bond acceptors (Lipinski definition) is 6. The summed E-state index contributed by atoms with van der Waals surface area (Å²) in [6.45, 7) is 0. The largest absolute Gasteiger partial charge is 0.507 e. The number of pyridine rings is 1. The Morgan fingerprint density at radius 1 is 1.00 bits per heavy atom.